The molecule has 102 valence electrons. The maximum atomic E-state index is 5.29. The van der Waals surface area contributed by atoms with Gasteiger partial charge in [-0.3, -0.25) is 0 Å². The Morgan fingerprint density at radius 2 is 2.21 bits per heavy atom. The van der Waals surface area contributed by atoms with Crippen LogP contribution >= 0.6 is 0 Å². The molecule has 1 aromatic heterocycles. The maximum absolute atomic E-state index is 5.29. The van der Waals surface area contributed by atoms with Crippen molar-refractivity contribution in [3.05, 3.63) is 29.5 Å². The molecule has 1 aliphatic heterocycles. The van der Waals surface area contributed by atoms with E-state index in [-0.39, 0.29) is 0 Å². The Kier molecular flexibility index (Phi) is 3.47. The lowest BCUT2D eigenvalue weighted by molar-refractivity contribution is 0.399. The second kappa shape index (κ2) is 5.25. The van der Waals surface area contributed by atoms with Gasteiger partial charge >= 0.3 is 0 Å². The number of methoxy groups -OCH3 is 1. The smallest absolute Gasteiger partial charge is 0.120 e. The molecule has 0 radical (unpaired) electrons. The molecule has 0 spiro atoms. The number of hydrogen-bond acceptors (Lipinski definition) is 2. The summed E-state index contributed by atoms with van der Waals surface area (Å²) in [5.41, 5.74) is 3.93. The highest BCUT2D eigenvalue weighted by Crippen LogP contribution is 2.27. The van der Waals surface area contributed by atoms with Gasteiger partial charge in [-0.15, -0.1) is 0 Å². The van der Waals surface area contributed by atoms with E-state index >= 15 is 0 Å². The summed E-state index contributed by atoms with van der Waals surface area (Å²) in [5.74, 6) is 0.913. The van der Waals surface area contributed by atoms with Gasteiger partial charge in [-0.25, -0.2) is 0 Å². The predicted octanol–water partition coefficient (Wildman–Crippen LogP) is 3.17. The average Bonchev–Trinajstić information content (AvgIpc) is 2.75. The molecule has 1 aromatic carbocycles. The molecule has 2 heterocycles. The van der Waals surface area contributed by atoms with Crippen LogP contribution in [0, 0.1) is 6.92 Å². The molecule has 19 heavy (non-hydrogen) atoms. The molecular weight excluding hydrogens is 236 g/mol. The van der Waals surface area contributed by atoms with Crippen molar-refractivity contribution >= 4 is 10.9 Å². The molecule has 3 nitrogen and oxygen atoms in total. The van der Waals surface area contributed by atoms with E-state index in [1.807, 2.05) is 6.07 Å². The van der Waals surface area contributed by atoms with Crippen molar-refractivity contribution in [1.29, 1.82) is 0 Å². The molecule has 3 heteroatoms. The minimum absolute atomic E-state index is 0.633. The zero-order valence-electron chi connectivity index (χ0n) is 11.8. The molecular formula is C16H22N2O. The first-order valence-electron chi connectivity index (χ1n) is 7.16. The Bertz CT molecular complexity index is 567. The Morgan fingerprint density at radius 3 is 2.95 bits per heavy atom. The Labute approximate surface area is 114 Å². The topological polar surface area (TPSA) is 37.0 Å². The standard InChI is InChI=1S/C16H22N2O/c1-11-15(9-12-5-3-4-8-17-12)14-7-6-13(19-2)10-16(14)18-11/h6-7,10,12,17-18H,3-5,8-9H2,1-2H3. The van der Waals surface area contributed by atoms with Crippen molar-refractivity contribution in [3.8, 4) is 5.75 Å². The number of nitrogens with one attached hydrogen (secondary N) is 2. The van der Waals surface area contributed by atoms with Crippen LogP contribution in [0.3, 0.4) is 0 Å². The number of piperidine rings is 1. The van der Waals surface area contributed by atoms with Crippen LogP contribution in [0.1, 0.15) is 30.5 Å². The van der Waals surface area contributed by atoms with Gasteiger partial charge < -0.3 is 15.0 Å². The molecule has 0 aliphatic carbocycles. The summed E-state index contributed by atoms with van der Waals surface area (Å²) in [4.78, 5) is 3.48. The number of fused-ring (bicyclic) bond motifs is 1. The van der Waals surface area contributed by atoms with Crippen molar-refractivity contribution < 1.29 is 4.74 Å². The van der Waals surface area contributed by atoms with Gasteiger partial charge in [0, 0.05) is 28.7 Å². The van der Waals surface area contributed by atoms with Gasteiger partial charge in [0.15, 0.2) is 0 Å². The molecule has 0 bridgehead atoms. The number of hydrogen-bond donors (Lipinski definition) is 2. The average molecular weight is 258 g/mol. The molecule has 2 aromatic rings. The van der Waals surface area contributed by atoms with Crippen LogP contribution in [-0.2, 0) is 6.42 Å². The summed E-state index contributed by atoms with van der Waals surface area (Å²) in [5, 5.41) is 4.97. The minimum atomic E-state index is 0.633. The van der Waals surface area contributed by atoms with Gasteiger partial charge in [-0.05, 0) is 50.4 Å². The van der Waals surface area contributed by atoms with Crippen molar-refractivity contribution in [2.75, 3.05) is 13.7 Å². The van der Waals surface area contributed by atoms with E-state index in [0.717, 1.165) is 12.2 Å². The normalized spacial score (nSPS) is 19.8. The first-order valence-corrected chi connectivity index (χ1v) is 7.16. The second-order valence-corrected chi connectivity index (χ2v) is 5.49. The summed E-state index contributed by atoms with van der Waals surface area (Å²) in [7, 11) is 1.71. The van der Waals surface area contributed by atoms with Gasteiger partial charge in [0.1, 0.15) is 5.75 Å². The Balaban J connectivity index is 1.91. The van der Waals surface area contributed by atoms with E-state index in [1.54, 1.807) is 7.11 Å². The number of rotatable bonds is 3. The number of H-pyrrole nitrogens is 1. The van der Waals surface area contributed by atoms with Gasteiger partial charge in [0.25, 0.3) is 0 Å². The number of aryl methyl sites for hydroxylation is 1. The van der Waals surface area contributed by atoms with Gasteiger partial charge in [-0.1, -0.05) is 6.42 Å². The molecule has 1 saturated heterocycles. The third-order valence-electron chi connectivity index (χ3n) is 4.19. The quantitative estimate of drug-likeness (QED) is 0.887. The summed E-state index contributed by atoms with van der Waals surface area (Å²) in [6, 6.07) is 6.94. The zero-order valence-corrected chi connectivity index (χ0v) is 11.8. The summed E-state index contributed by atoms with van der Waals surface area (Å²) >= 11 is 0. The van der Waals surface area contributed by atoms with E-state index < -0.39 is 0 Å². The maximum Gasteiger partial charge on any atom is 0.120 e. The molecule has 1 unspecified atom stereocenters. The molecule has 3 rings (SSSR count). The molecule has 1 fully saturated rings. The summed E-state index contributed by atoms with van der Waals surface area (Å²) < 4.78 is 5.29. The zero-order chi connectivity index (χ0) is 13.2. The lowest BCUT2D eigenvalue weighted by Crippen LogP contribution is -2.35. The monoisotopic (exact) mass is 258 g/mol. The molecule has 1 aliphatic rings. The van der Waals surface area contributed by atoms with E-state index in [0.29, 0.717) is 6.04 Å². The van der Waals surface area contributed by atoms with Crippen LogP contribution in [-0.4, -0.2) is 24.7 Å². The van der Waals surface area contributed by atoms with Crippen LogP contribution in [0.2, 0.25) is 0 Å². The van der Waals surface area contributed by atoms with Gasteiger partial charge in [-0.2, -0.15) is 0 Å². The second-order valence-electron chi connectivity index (χ2n) is 5.49. The van der Waals surface area contributed by atoms with Crippen LogP contribution < -0.4 is 10.1 Å². The van der Waals surface area contributed by atoms with Crippen molar-refractivity contribution in [1.82, 2.24) is 10.3 Å². The van der Waals surface area contributed by atoms with Crippen molar-refractivity contribution in [2.45, 2.75) is 38.6 Å². The van der Waals surface area contributed by atoms with E-state index in [4.69, 9.17) is 4.74 Å². The van der Waals surface area contributed by atoms with Crippen LogP contribution in [0.25, 0.3) is 10.9 Å². The fourth-order valence-electron chi connectivity index (χ4n) is 3.10. The fraction of sp³-hybridized carbons (Fsp3) is 0.500. The highest BCUT2D eigenvalue weighted by atomic mass is 16.5. The molecule has 0 saturated carbocycles. The van der Waals surface area contributed by atoms with E-state index in [2.05, 4.69) is 29.4 Å². The SMILES string of the molecule is COc1ccc2c(CC3CCCCN3)c(C)[nH]c2c1. The Hall–Kier alpha value is -1.48. The molecule has 2 N–H and O–H groups in total. The molecule has 0 amide bonds. The third-order valence-corrected chi connectivity index (χ3v) is 4.19. The third kappa shape index (κ3) is 2.47. The van der Waals surface area contributed by atoms with Crippen LogP contribution in [0.15, 0.2) is 18.2 Å². The predicted molar refractivity (Wildman–Crippen MR) is 78.9 cm³/mol. The lowest BCUT2D eigenvalue weighted by Gasteiger charge is -2.23. The highest BCUT2D eigenvalue weighted by molar-refractivity contribution is 5.85. The lowest BCUT2D eigenvalue weighted by atomic mass is 9.96. The molecule has 1 atom stereocenters. The summed E-state index contributed by atoms with van der Waals surface area (Å²) in [6.45, 7) is 3.34. The highest BCUT2D eigenvalue weighted by Gasteiger charge is 2.17. The number of ether oxygens (including phenoxy) is 1. The van der Waals surface area contributed by atoms with Crippen molar-refractivity contribution in [3.63, 3.8) is 0 Å². The van der Waals surface area contributed by atoms with E-state index in [1.165, 1.54) is 48.0 Å². The first-order chi connectivity index (χ1) is 9.28. The fourth-order valence-corrected chi connectivity index (χ4v) is 3.10. The van der Waals surface area contributed by atoms with Gasteiger partial charge in [0.05, 0.1) is 7.11 Å². The minimum Gasteiger partial charge on any atom is -0.497 e. The van der Waals surface area contributed by atoms with Crippen LogP contribution in [0.4, 0.5) is 0 Å². The number of aromatic amines is 1. The van der Waals surface area contributed by atoms with Crippen molar-refractivity contribution in [2.24, 2.45) is 0 Å². The van der Waals surface area contributed by atoms with E-state index in [9.17, 15) is 0 Å². The summed E-state index contributed by atoms with van der Waals surface area (Å²) in [6.07, 6.45) is 5.09. The van der Waals surface area contributed by atoms with Gasteiger partial charge in [0.2, 0.25) is 0 Å². The number of aromatic nitrogens is 1. The first kappa shape index (κ1) is 12.5. The Morgan fingerprint density at radius 1 is 1.32 bits per heavy atom. The largest absolute Gasteiger partial charge is 0.497 e. The van der Waals surface area contributed by atoms with Crippen LogP contribution in [0.5, 0.6) is 5.75 Å². The number of benzene rings is 1.